The molecule has 82 valence electrons. The third kappa shape index (κ3) is 4.02. The predicted molar refractivity (Wildman–Crippen MR) is 62.5 cm³/mol. The molecule has 0 bridgehead atoms. The second-order valence-electron chi connectivity index (χ2n) is 3.44. The summed E-state index contributed by atoms with van der Waals surface area (Å²) >= 11 is 0. The highest BCUT2D eigenvalue weighted by Crippen LogP contribution is 2.18. The first-order valence-electron chi connectivity index (χ1n) is 5.27. The van der Waals surface area contributed by atoms with E-state index in [0.29, 0.717) is 13.0 Å². The largest absolute Gasteiger partial charge is 0.493 e. The Morgan fingerprint density at radius 1 is 1.40 bits per heavy atom. The van der Waals surface area contributed by atoms with Crippen LogP contribution in [0.4, 0.5) is 0 Å². The van der Waals surface area contributed by atoms with Crippen molar-refractivity contribution in [2.24, 2.45) is 5.73 Å². The monoisotopic (exact) mass is 206 g/mol. The lowest BCUT2D eigenvalue weighted by Gasteiger charge is -2.09. The van der Waals surface area contributed by atoms with Gasteiger partial charge in [0, 0.05) is 6.42 Å². The molecule has 0 amide bonds. The lowest BCUT2D eigenvalue weighted by Crippen LogP contribution is -2.11. The van der Waals surface area contributed by atoms with Crippen molar-refractivity contribution in [2.45, 2.75) is 26.2 Å². The van der Waals surface area contributed by atoms with Crippen molar-refractivity contribution in [3.63, 3.8) is 0 Å². The summed E-state index contributed by atoms with van der Waals surface area (Å²) in [6, 6.07) is 8.04. The lowest BCUT2D eigenvalue weighted by atomic mass is 10.1. The predicted octanol–water partition coefficient (Wildman–Crippen LogP) is 2.34. The second kappa shape index (κ2) is 6.06. The van der Waals surface area contributed by atoms with Gasteiger partial charge in [-0.1, -0.05) is 25.1 Å². The Morgan fingerprint density at radius 2 is 2.13 bits per heavy atom. The lowest BCUT2D eigenvalue weighted by molar-refractivity contribution is 0.310. The number of nitrogens with one attached hydrogen (secondary N) is 1. The highest BCUT2D eigenvalue weighted by Gasteiger charge is 2.00. The van der Waals surface area contributed by atoms with Crippen LogP contribution in [0.25, 0.3) is 0 Å². The van der Waals surface area contributed by atoms with Gasteiger partial charge in [-0.3, -0.25) is 5.41 Å². The second-order valence-corrected chi connectivity index (χ2v) is 3.44. The molecule has 0 spiro atoms. The summed E-state index contributed by atoms with van der Waals surface area (Å²) in [4.78, 5) is 0. The van der Waals surface area contributed by atoms with Crippen LogP contribution in [0.3, 0.4) is 0 Å². The van der Waals surface area contributed by atoms with Crippen LogP contribution in [0.5, 0.6) is 5.75 Å². The molecule has 0 radical (unpaired) electrons. The van der Waals surface area contributed by atoms with E-state index in [1.807, 2.05) is 18.2 Å². The summed E-state index contributed by atoms with van der Waals surface area (Å²) in [6.45, 7) is 2.73. The highest BCUT2D eigenvalue weighted by molar-refractivity contribution is 5.76. The van der Waals surface area contributed by atoms with Gasteiger partial charge in [-0.25, -0.2) is 0 Å². The summed E-state index contributed by atoms with van der Waals surface area (Å²) in [5, 5.41) is 7.08. The van der Waals surface area contributed by atoms with Gasteiger partial charge in [-0.05, 0) is 24.5 Å². The third-order valence-electron chi connectivity index (χ3n) is 2.20. The van der Waals surface area contributed by atoms with E-state index >= 15 is 0 Å². The summed E-state index contributed by atoms with van der Waals surface area (Å²) in [7, 11) is 0. The number of rotatable bonds is 6. The Morgan fingerprint density at radius 3 is 2.80 bits per heavy atom. The average Bonchev–Trinajstić information content (AvgIpc) is 2.24. The molecule has 0 saturated heterocycles. The van der Waals surface area contributed by atoms with E-state index in [9.17, 15) is 0 Å². The van der Waals surface area contributed by atoms with Crippen molar-refractivity contribution in [2.75, 3.05) is 6.61 Å². The Bertz CT molecular complexity index is 323. The third-order valence-corrected chi connectivity index (χ3v) is 2.20. The minimum atomic E-state index is 0.224. The molecule has 3 N–H and O–H groups in total. The molecule has 15 heavy (non-hydrogen) atoms. The van der Waals surface area contributed by atoms with Crippen molar-refractivity contribution < 1.29 is 4.74 Å². The molecule has 0 fully saturated rings. The van der Waals surface area contributed by atoms with E-state index in [0.717, 1.165) is 18.6 Å². The molecule has 0 unspecified atom stereocenters. The smallest absolute Gasteiger partial charge is 0.122 e. The first kappa shape index (κ1) is 11.6. The van der Waals surface area contributed by atoms with E-state index in [1.165, 1.54) is 5.56 Å². The summed E-state index contributed by atoms with van der Waals surface area (Å²) in [5.74, 6) is 1.17. The molecule has 3 nitrogen and oxygen atoms in total. The molecule has 0 aliphatic heterocycles. The van der Waals surface area contributed by atoms with Gasteiger partial charge in [0.15, 0.2) is 0 Å². The molecule has 0 atom stereocenters. The number of hydrogen-bond acceptors (Lipinski definition) is 2. The molecule has 0 heterocycles. The number of hydrogen-bond donors (Lipinski definition) is 2. The minimum absolute atomic E-state index is 0.224. The van der Waals surface area contributed by atoms with Crippen LogP contribution in [0.15, 0.2) is 24.3 Å². The van der Waals surface area contributed by atoms with Crippen LogP contribution < -0.4 is 10.5 Å². The SMILES string of the molecule is CCc1ccccc1OCCCC(=N)N. The highest BCUT2D eigenvalue weighted by atomic mass is 16.5. The van der Waals surface area contributed by atoms with Crippen molar-refractivity contribution in [1.29, 1.82) is 5.41 Å². The fraction of sp³-hybridized carbons (Fsp3) is 0.417. The number of ether oxygens (including phenoxy) is 1. The maximum absolute atomic E-state index is 7.08. The molecule has 1 aromatic carbocycles. The molecule has 1 aromatic rings. The summed E-state index contributed by atoms with van der Waals surface area (Å²) in [6.07, 6.45) is 2.38. The maximum Gasteiger partial charge on any atom is 0.122 e. The van der Waals surface area contributed by atoms with Crippen molar-refractivity contribution in [3.05, 3.63) is 29.8 Å². The number of benzene rings is 1. The Balaban J connectivity index is 2.39. The zero-order valence-corrected chi connectivity index (χ0v) is 9.12. The Labute approximate surface area is 90.8 Å². The van der Waals surface area contributed by atoms with Crippen LogP contribution in [0, 0.1) is 5.41 Å². The van der Waals surface area contributed by atoms with Gasteiger partial charge in [0.05, 0.1) is 12.4 Å². The molecular formula is C12H18N2O. The van der Waals surface area contributed by atoms with Gasteiger partial charge in [-0.15, -0.1) is 0 Å². The van der Waals surface area contributed by atoms with Crippen LogP contribution >= 0.6 is 0 Å². The van der Waals surface area contributed by atoms with E-state index < -0.39 is 0 Å². The van der Waals surface area contributed by atoms with Gasteiger partial charge in [0.1, 0.15) is 5.75 Å². The Kier molecular flexibility index (Phi) is 4.68. The fourth-order valence-electron chi connectivity index (χ4n) is 1.38. The minimum Gasteiger partial charge on any atom is -0.493 e. The average molecular weight is 206 g/mol. The number of aryl methyl sites for hydroxylation is 1. The zero-order chi connectivity index (χ0) is 11.1. The molecule has 3 heteroatoms. The topological polar surface area (TPSA) is 59.1 Å². The fourth-order valence-corrected chi connectivity index (χ4v) is 1.38. The van der Waals surface area contributed by atoms with E-state index in [2.05, 4.69) is 13.0 Å². The molecule has 0 aliphatic rings. The van der Waals surface area contributed by atoms with E-state index in [4.69, 9.17) is 15.9 Å². The van der Waals surface area contributed by atoms with Gasteiger partial charge >= 0.3 is 0 Å². The summed E-state index contributed by atoms with van der Waals surface area (Å²) < 4.78 is 5.63. The standard InChI is InChI=1S/C12H18N2O/c1-2-10-6-3-4-7-11(10)15-9-5-8-12(13)14/h3-4,6-7H,2,5,8-9H2,1H3,(H3,13,14). The van der Waals surface area contributed by atoms with Crippen molar-refractivity contribution in [3.8, 4) is 5.75 Å². The van der Waals surface area contributed by atoms with Crippen molar-refractivity contribution in [1.82, 2.24) is 0 Å². The molecule has 1 rings (SSSR count). The van der Waals surface area contributed by atoms with Crippen LogP contribution in [-0.4, -0.2) is 12.4 Å². The van der Waals surface area contributed by atoms with E-state index in [1.54, 1.807) is 0 Å². The number of amidine groups is 1. The van der Waals surface area contributed by atoms with E-state index in [-0.39, 0.29) is 5.84 Å². The molecular weight excluding hydrogens is 188 g/mol. The maximum atomic E-state index is 7.08. The normalized spacial score (nSPS) is 9.93. The zero-order valence-electron chi connectivity index (χ0n) is 9.12. The number of para-hydroxylation sites is 1. The first-order valence-corrected chi connectivity index (χ1v) is 5.27. The van der Waals surface area contributed by atoms with Crippen LogP contribution in [0.2, 0.25) is 0 Å². The Hall–Kier alpha value is -1.51. The van der Waals surface area contributed by atoms with Crippen LogP contribution in [-0.2, 0) is 6.42 Å². The van der Waals surface area contributed by atoms with Crippen molar-refractivity contribution >= 4 is 5.84 Å². The molecule has 0 aromatic heterocycles. The van der Waals surface area contributed by atoms with Gasteiger partial charge in [0.2, 0.25) is 0 Å². The van der Waals surface area contributed by atoms with Crippen LogP contribution in [0.1, 0.15) is 25.3 Å². The van der Waals surface area contributed by atoms with Gasteiger partial charge in [0.25, 0.3) is 0 Å². The number of nitrogens with two attached hydrogens (primary N) is 1. The summed E-state index contributed by atoms with van der Waals surface area (Å²) in [5.41, 5.74) is 6.48. The van der Waals surface area contributed by atoms with Gasteiger partial charge < -0.3 is 10.5 Å². The van der Waals surface area contributed by atoms with Gasteiger partial charge in [-0.2, -0.15) is 0 Å². The quantitative estimate of drug-likeness (QED) is 0.426. The molecule has 0 aliphatic carbocycles. The first-order chi connectivity index (χ1) is 7.24. The molecule has 0 saturated carbocycles.